The van der Waals surface area contributed by atoms with Crippen LogP contribution in [0.3, 0.4) is 0 Å². The van der Waals surface area contributed by atoms with Gasteiger partial charge in [0.15, 0.2) is 5.82 Å². The number of rotatable bonds is 6. The smallest absolute Gasteiger partial charge is 0.168 e. The molecule has 0 aliphatic rings. The van der Waals surface area contributed by atoms with Gasteiger partial charge in [-0.05, 0) is 29.8 Å². The molecule has 0 bridgehead atoms. The first-order chi connectivity index (χ1) is 13.6. The van der Waals surface area contributed by atoms with Gasteiger partial charge in [0.2, 0.25) is 0 Å². The Kier molecular flexibility index (Phi) is 4.80. The van der Waals surface area contributed by atoms with Crippen LogP contribution in [0.25, 0.3) is 22.0 Å². The third-order valence-corrected chi connectivity index (χ3v) is 4.39. The number of nitrogens with one attached hydrogen (secondary N) is 1. The molecule has 1 N–H and O–H groups in total. The van der Waals surface area contributed by atoms with Crippen LogP contribution in [0.5, 0.6) is 11.5 Å². The quantitative estimate of drug-likeness (QED) is 0.554. The predicted molar refractivity (Wildman–Crippen MR) is 109 cm³/mol. The van der Waals surface area contributed by atoms with E-state index in [2.05, 4.69) is 21.2 Å². The summed E-state index contributed by atoms with van der Waals surface area (Å²) >= 11 is 0. The highest BCUT2D eigenvalue weighted by Gasteiger charge is 2.12. The Labute approximate surface area is 163 Å². The molecule has 7 heteroatoms. The lowest BCUT2D eigenvalue weighted by Crippen LogP contribution is -2.14. The fraction of sp³-hybridized carbons (Fsp3) is 0.190. The average molecular weight is 375 g/mol. The zero-order chi connectivity index (χ0) is 19.5. The molecular formula is C21H21N5O2. The lowest BCUT2D eigenvalue weighted by atomic mass is 10.1. The monoisotopic (exact) mass is 375 g/mol. The van der Waals surface area contributed by atoms with Gasteiger partial charge < -0.3 is 14.4 Å². The molecule has 0 amide bonds. The number of ether oxygens (including phenoxy) is 2. The number of aromatic amines is 1. The Bertz CT molecular complexity index is 1090. The lowest BCUT2D eigenvalue weighted by Gasteiger charge is -2.16. The number of hydrogen-bond acceptors (Lipinski definition) is 6. The summed E-state index contributed by atoms with van der Waals surface area (Å²) in [6, 6.07) is 13.6. The summed E-state index contributed by atoms with van der Waals surface area (Å²) in [4.78, 5) is 11.4. The van der Waals surface area contributed by atoms with Crippen LogP contribution in [0.15, 0.2) is 54.9 Å². The molecule has 2 heterocycles. The van der Waals surface area contributed by atoms with Crippen molar-refractivity contribution < 1.29 is 9.47 Å². The van der Waals surface area contributed by atoms with E-state index in [1.54, 1.807) is 13.3 Å². The molecule has 4 rings (SSSR count). The van der Waals surface area contributed by atoms with Crippen molar-refractivity contribution in [1.29, 1.82) is 0 Å². The molecule has 2 aromatic heterocycles. The van der Waals surface area contributed by atoms with Crippen molar-refractivity contribution >= 4 is 16.7 Å². The molecule has 0 atom stereocenters. The molecule has 0 unspecified atom stereocenters. The summed E-state index contributed by atoms with van der Waals surface area (Å²) in [5.74, 6) is 2.93. The van der Waals surface area contributed by atoms with Gasteiger partial charge in [0, 0.05) is 37.3 Å². The molecule has 28 heavy (non-hydrogen) atoms. The molecule has 4 aromatic rings. The zero-order valence-corrected chi connectivity index (χ0v) is 16.0. The maximum atomic E-state index is 5.86. The third-order valence-electron chi connectivity index (χ3n) is 4.39. The number of H-pyrrole nitrogens is 1. The molecule has 142 valence electrons. The Balaban J connectivity index is 1.67. The topological polar surface area (TPSA) is 76.2 Å². The Hall–Kier alpha value is -3.61. The molecule has 0 fully saturated rings. The van der Waals surface area contributed by atoms with Crippen molar-refractivity contribution in [1.82, 2.24) is 20.2 Å². The number of benzene rings is 2. The summed E-state index contributed by atoms with van der Waals surface area (Å²) in [5.41, 5.74) is 2.96. The van der Waals surface area contributed by atoms with Gasteiger partial charge >= 0.3 is 0 Å². The van der Waals surface area contributed by atoms with Crippen molar-refractivity contribution in [2.24, 2.45) is 0 Å². The molecule has 0 aliphatic heterocycles. The number of fused-ring (bicyclic) bond motifs is 1. The number of methoxy groups -OCH3 is 1. The fourth-order valence-electron chi connectivity index (χ4n) is 2.99. The maximum absolute atomic E-state index is 5.86. The van der Waals surface area contributed by atoms with Crippen molar-refractivity contribution in [2.45, 2.75) is 6.61 Å². The molecular weight excluding hydrogens is 354 g/mol. The molecule has 0 saturated carbocycles. The molecule has 0 spiro atoms. The van der Waals surface area contributed by atoms with E-state index in [1.807, 2.05) is 61.6 Å². The van der Waals surface area contributed by atoms with Gasteiger partial charge in [-0.2, -0.15) is 5.10 Å². The minimum absolute atomic E-state index is 0.271. The predicted octanol–water partition coefficient (Wildman–Crippen LogP) is 3.67. The van der Waals surface area contributed by atoms with Gasteiger partial charge in [-0.1, -0.05) is 12.1 Å². The van der Waals surface area contributed by atoms with Crippen molar-refractivity contribution in [3.63, 3.8) is 0 Å². The zero-order valence-electron chi connectivity index (χ0n) is 16.0. The molecule has 0 saturated heterocycles. The normalized spacial score (nSPS) is 10.8. The van der Waals surface area contributed by atoms with E-state index in [1.165, 1.54) is 0 Å². The molecule has 0 aliphatic carbocycles. The van der Waals surface area contributed by atoms with Crippen LogP contribution in [-0.2, 0) is 6.61 Å². The first-order valence-corrected chi connectivity index (χ1v) is 8.88. The van der Waals surface area contributed by atoms with Crippen molar-refractivity contribution in [2.75, 3.05) is 26.1 Å². The average Bonchev–Trinajstić information content (AvgIpc) is 3.26. The Morgan fingerprint density at radius 1 is 1.00 bits per heavy atom. The van der Waals surface area contributed by atoms with E-state index >= 15 is 0 Å². The van der Waals surface area contributed by atoms with E-state index in [0.29, 0.717) is 11.6 Å². The van der Waals surface area contributed by atoms with Gasteiger partial charge in [0.05, 0.1) is 18.8 Å². The fourth-order valence-corrected chi connectivity index (χ4v) is 2.99. The van der Waals surface area contributed by atoms with Crippen LogP contribution in [-0.4, -0.2) is 41.4 Å². The number of nitrogens with zero attached hydrogens (tertiary/aromatic N) is 4. The second kappa shape index (κ2) is 7.56. The van der Waals surface area contributed by atoms with E-state index in [4.69, 9.17) is 14.5 Å². The van der Waals surface area contributed by atoms with Crippen LogP contribution < -0.4 is 14.4 Å². The van der Waals surface area contributed by atoms with Crippen molar-refractivity contribution in [3.8, 4) is 22.6 Å². The SMILES string of the molecule is COc1cccc(OCc2nc(N(C)C)c3cc(-c4cn[nH]c4)ccc3n2)c1. The molecule has 7 nitrogen and oxygen atoms in total. The van der Waals surface area contributed by atoms with Crippen LogP contribution in [0.2, 0.25) is 0 Å². The summed E-state index contributed by atoms with van der Waals surface area (Å²) in [7, 11) is 5.57. The van der Waals surface area contributed by atoms with Gasteiger partial charge in [-0.15, -0.1) is 0 Å². The summed E-state index contributed by atoms with van der Waals surface area (Å²) < 4.78 is 11.1. The van der Waals surface area contributed by atoms with Gasteiger partial charge in [0.25, 0.3) is 0 Å². The third kappa shape index (κ3) is 3.59. The van der Waals surface area contributed by atoms with Gasteiger partial charge in [-0.3, -0.25) is 5.10 Å². The Morgan fingerprint density at radius 2 is 1.86 bits per heavy atom. The van der Waals surface area contributed by atoms with Gasteiger partial charge in [0.1, 0.15) is 23.9 Å². The van der Waals surface area contributed by atoms with E-state index in [9.17, 15) is 0 Å². The van der Waals surface area contributed by atoms with Crippen LogP contribution >= 0.6 is 0 Å². The molecule has 0 radical (unpaired) electrons. The van der Waals surface area contributed by atoms with Crippen LogP contribution in [0.4, 0.5) is 5.82 Å². The maximum Gasteiger partial charge on any atom is 0.168 e. The minimum atomic E-state index is 0.271. The van der Waals surface area contributed by atoms with E-state index in [-0.39, 0.29) is 6.61 Å². The highest BCUT2D eigenvalue weighted by Crippen LogP contribution is 2.28. The highest BCUT2D eigenvalue weighted by atomic mass is 16.5. The highest BCUT2D eigenvalue weighted by molar-refractivity contribution is 5.92. The number of anilines is 1. The standard InChI is InChI=1S/C21H21N5O2/c1-26(2)21-18-9-14(15-11-22-23-12-15)7-8-19(18)24-20(25-21)13-28-17-6-4-5-16(10-17)27-3/h4-12H,13H2,1-3H3,(H,22,23). The summed E-state index contributed by atoms with van der Waals surface area (Å²) in [5, 5.41) is 7.85. The second-order valence-corrected chi connectivity index (χ2v) is 6.54. The summed E-state index contributed by atoms with van der Waals surface area (Å²) in [6.07, 6.45) is 3.67. The first-order valence-electron chi connectivity index (χ1n) is 8.88. The van der Waals surface area contributed by atoms with Crippen LogP contribution in [0, 0.1) is 0 Å². The van der Waals surface area contributed by atoms with E-state index < -0.39 is 0 Å². The largest absolute Gasteiger partial charge is 0.497 e. The summed E-state index contributed by atoms with van der Waals surface area (Å²) in [6.45, 7) is 0.271. The second-order valence-electron chi connectivity index (χ2n) is 6.54. The number of hydrogen-bond donors (Lipinski definition) is 1. The molecule has 2 aromatic carbocycles. The van der Waals surface area contributed by atoms with Crippen molar-refractivity contribution in [3.05, 3.63) is 60.7 Å². The minimum Gasteiger partial charge on any atom is -0.497 e. The lowest BCUT2D eigenvalue weighted by molar-refractivity contribution is 0.294. The first kappa shape index (κ1) is 17.8. The van der Waals surface area contributed by atoms with Gasteiger partial charge in [-0.25, -0.2) is 9.97 Å². The van der Waals surface area contributed by atoms with E-state index in [0.717, 1.165) is 33.6 Å². The Morgan fingerprint density at radius 3 is 2.61 bits per heavy atom. The number of aromatic nitrogens is 4. The van der Waals surface area contributed by atoms with Crippen LogP contribution in [0.1, 0.15) is 5.82 Å².